The van der Waals surface area contributed by atoms with Gasteiger partial charge in [-0.05, 0) is 49.4 Å². The van der Waals surface area contributed by atoms with Gasteiger partial charge in [0.1, 0.15) is 28.8 Å². The van der Waals surface area contributed by atoms with Crippen molar-refractivity contribution < 1.29 is 31.8 Å². The molecule has 0 bridgehead atoms. The first-order valence-corrected chi connectivity index (χ1v) is 12.3. The maximum absolute atomic E-state index is 13.2. The van der Waals surface area contributed by atoms with Gasteiger partial charge in [-0.2, -0.15) is 4.31 Å². The summed E-state index contributed by atoms with van der Waals surface area (Å²) in [6.45, 7) is 3.41. The zero-order valence-electron chi connectivity index (χ0n) is 18.7. The normalized spacial score (nSPS) is 14.5. The van der Waals surface area contributed by atoms with Crippen molar-refractivity contribution in [2.45, 2.75) is 18.4 Å². The highest BCUT2D eigenvalue weighted by atomic mass is 32.2. The number of carbonyl (C=O) groups is 1. The molecule has 1 fully saturated rings. The number of rotatable bonds is 9. The monoisotopic (exact) mass is 486 g/mol. The number of carbonyl (C=O) groups excluding carboxylic acids is 1. The van der Waals surface area contributed by atoms with E-state index in [2.05, 4.69) is 5.32 Å². The van der Waals surface area contributed by atoms with Crippen molar-refractivity contribution in [2.75, 3.05) is 38.2 Å². The van der Waals surface area contributed by atoms with Gasteiger partial charge < -0.3 is 23.9 Å². The third kappa shape index (κ3) is 5.58. The van der Waals surface area contributed by atoms with Gasteiger partial charge in [-0.3, -0.25) is 4.79 Å². The molecule has 2 heterocycles. The Hall–Kier alpha value is -3.34. The van der Waals surface area contributed by atoms with Crippen LogP contribution in [0.25, 0.3) is 0 Å². The molecular weight excluding hydrogens is 460 g/mol. The fourth-order valence-electron chi connectivity index (χ4n) is 3.43. The molecule has 9 nitrogen and oxygen atoms in total. The lowest BCUT2D eigenvalue weighted by atomic mass is 10.3. The molecule has 1 N–H and O–H groups in total. The lowest BCUT2D eigenvalue weighted by Crippen LogP contribution is -2.40. The molecule has 1 amide bonds. The summed E-state index contributed by atoms with van der Waals surface area (Å²) >= 11 is 0. The molecule has 34 heavy (non-hydrogen) atoms. The molecule has 2 aromatic carbocycles. The van der Waals surface area contributed by atoms with E-state index in [0.29, 0.717) is 37.0 Å². The van der Waals surface area contributed by atoms with Crippen molar-refractivity contribution in [3.05, 3.63) is 72.2 Å². The minimum atomic E-state index is -3.83. The average molecular weight is 487 g/mol. The Labute approximate surface area is 198 Å². The van der Waals surface area contributed by atoms with Gasteiger partial charge in [0, 0.05) is 18.8 Å². The fraction of sp³-hybridized carbons (Fsp3) is 0.292. The SMILES string of the molecule is CCOc1ccc(NC(=O)c2ccc(COc3ccccc3)o2)cc1S(=O)(=O)N1CCOCC1. The molecule has 1 aromatic heterocycles. The van der Waals surface area contributed by atoms with Crippen LogP contribution in [0.4, 0.5) is 5.69 Å². The van der Waals surface area contributed by atoms with Crippen molar-refractivity contribution in [3.8, 4) is 11.5 Å². The fourth-order valence-corrected chi connectivity index (χ4v) is 4.99. The number of amides is 1. The molecular formula is C24H26N2O7S. The van der Waals surface area contributed by atoms with Crippen molar-refractivity contribution in [1.82, 2.24) is 4.31 Å². The Bertz CT molecular complexity index is 1220. The van der Waals surface area contributed by atoms with Gasteiger partial charge in [0.15, 0.2) is 5.76 Å². The van der Waals surface area contributed by atoms with Gasteiger partial charge in [-0.25, -0.2) is 8.42 Å². The Morgan fingerprint density at radius 3 is 2.53 bits per heavy atom. The average Bonchev–Trinajstić information content (AvgIpc) is 3.34. The summed E-state index contributed by atoms with van der Waals surface area (Å²) in [4.78, 5) is 12.7. The Kier molecular flexibility index (Phi) is 7.51. The van der Waals surface area contributed by atoms with Crippen LogP contribution in [0.3, 0.4) is 0 Å². The smallest absolute Gasteiger partial charge is 0.291 e. The van der Waals surface area contributed by atoms with E-state index in [-0.39, 0.29) is 36.1 Å². The minimum absolute atomic E-state index is 0.00885. The molecule has 1 saturated heterocycles. The quantitative estimate of drug-likeness (QED) is 0.493. The Balaban J connectivity index is 1.48. The molecule has 10 heteroatoms. The van der Waals surface area contributed by atoms with Crippen LogP contribution in [0.1, 0.15) is 23.2 Å². The first-order valence-electron chi connectivity index (χ1n) is 10.9. The van der Waals surface area contributed by atoms with Crippen LogP contribution >= 0.6 is 0 Å². The highest BCUT2D eigenvalue weighted by Gasteiger charge is 2.30. The van der Waals surface area contributed by atoms with Crippen molar-refractivity contribution in [1.29, 1.82) is 0 Å². The highest BCUT2D eigenvalue weighted by Crippen LogP contribution is 2.31. The number of furan rings is 1. The highest BCUT2D eigenvalue weighted by molar-refractivity contribution is 7.89. The Morgan fingerprint density at radius 1 is 1.03 bits per heavy atom. The van der Waals surface area contributed by atoms with Gasteiger partial charge in [0.05, 0.1) is 19.8 Å². The van der Waals surface area contributed by atoms with Gasteiger partial charge in [0.2, 0.25) is 10.0 Å². The van der Waals surface area contributed by atoms with E-state index in [1.165, 1.54) is 16.4 Å². The first kappa shape index (κ1) is 23.8. The van der Waals surface area contributed by atoms with Crippen LogP contribution in [-0.4, -0.2) is 51.5 Å². The summed E-state index contributed by atoms with van der Waals surface area (Å²) in [5.74, 6) is 0.970. The zero-order chi connectivity index (χ0) is 24.0. The summed E-state index contributed by atoms with van der Waals surface area (Å²) in [5, 5.41) is 2.69. The first-order chi connectivity index (χ1) is 16.5. The molecule has 0 radical (unpaired) electrons. The number of anilines is 1. The molecule has 0 spiro atoms. The summed E-state index contributed by atoms with van der Waals surface area (Å²) in [7, 11) is -3.83. The second kappa shape index (κ2) is 10.7. The van der Waals surface area contributed by atoms with E-state index in [1.807, 2.05) is 30.3 Å². The van der Waals surface area contributed by atoms with E-state index in [4.69, 9.17) is 18.6 Å². The molecule has 1 aliphatic heterocycles. The third-order valence-electron chi connectivity index (χ3n) is 5.10. The number of hydrogen-bond acceptors (Lipinski definition) is 7. The van der Waals surface area contributed by atoms with Crippen LogP contribution in [-0.2, 0) is 21.4 Å². The number of para-hydroxylation sites is 1. The van der Waals surface area contributed by atoms with Crippen LogP contribution < -0.4 is 14.8 Å². The largest absolute Gasteiger partial charge is 0.492 e. The van der Waals surface area contributed by atoms with E-state index in [0.717, 1.165) is 0 Å². The number of nitrogens with zero attached hydrogens (tertiary/aromatic N) is 1. The molecule has 0 unspecified atom stereocenters. The topological polar surface area (TPSA) is 107 Å². The third-order valence-corrected chi connectivity index (χ3v) is 7.02. The zero-order valence-corrected chi connectivity index (χ0v) is 19.5. The molecule has 0 atom stereocenters. The van der Waals surface area contributed by atoms with Gasteiger partial charge in [-0.15, -0.1) is 0 Å². The van der Waals surface area contributed by atoms with Crippen LogP contribution in [0.15, 0.2) is 70.0 Å². The van der Waals surface area contributed by atoms with Gasteiger partial charge in [0.25, 0.3) is 5.91 Å². The molecule has 0 aliphatic carbocycles. The van der Waals surface area contributed by atoms with Gasteiger partial charge >= 0.3 is 0 Å². The molecule has 3 aromatic rings. The van der Waals surface area contributed by atoms with E-state index < -0.39 is 15.9 Å². The number of ether oxygens (including phenoxy) is 3. The molecule has 180 valence electrons. The minimum Gasteiger partial charge on any atom is -0.492 e. The summed E-state index contributed by atoms with van der Waals surface area (Å²) in [5.41, 5.74) is 0.304. The predicted octanol–water partition coefficient (Wildman–Crippen LogP) is 3.53. The molecule has 0 saturated carbocycles. The van der Waals surface area contributed by atoms with Crippen molar-refractivity contribution in [2.24, 2.45) is 0 Å². The van der Waals surface area contributed by atoms with Crippen LogP contribution in [0.2, 0.25) is 0 Å². The van der Waals surface area contributed by atoms with Crippen molar-refractivity contribution in [3.63, 3.8) is 0 Å². The number of nitrogens with one attached hydrogen (secondary N) is 1. The standard InChI is InChI=1S/C24H26N2O7S/c1-2-31-21-10-8-18(16-23(21)34(28,29)26-12-14-30-15-13-26)25-24(27)22-11-9-20(33-22)17-32-19-6-4-3-5-7-19/h3-11,16H,2,12-15,17H2,1H3,(H,25,27). The second-order valence-corrected chi connectivity index (χ2v) is 9.34. The number of sulfonamides is 1. The summed E-state index contributed by atoms with van der Waals surface area (Å²) in [6, 6.07) is 17.0. The lowest BCUT2D eigenvalue weighted by Gasteiger charge is -2.27. The van der Waals surface area contributed by atoms with E-state index in [9.17, 15) is 13.2 Å². The maximum atomic E-state index is 13.2. The van der Waals surface area contributed by atoms with E-state index >= 15 is 0 Å². The van der Waals surface area contributed by atoms with Crippen LogP contribution in [0.5, 0.6) is 11.5 Å². The second-order valence-electron chi connectivity index (χ2n) is 7.43. The maximum Gasteiger partial charge on any atom is 0.291 e. The summed E-state index contributed by atoms with van der Waals surface area (Å²) in [6.07, 6.45) is 0. The predicted molar refractivity (Wildman–Crippen MR) is 125 cm³/mol. The molecule has 1 aliphatic rings. The number of benzene rings is 2. The Morgan fingerprint density at radius 2 is 1.79 bits per heavy atom. The van der Waals surface area contributed by atoms with Crippen molar-refractivity contribution >= 4 is 21.6 Å². The van der Waals surface area contributed by atoms with E-state index in [1.54, 1.807) is 25.1 Å². The number of morpholine rings is 1. The number of hydrogen-bond donors (Lipinski definition) is 1. The molecule has 4 rings (SSSR count). The van der Waals surface area contributed by atoms with Gasteiger partial charge in [-0.1, -0.05) is 18.2 Å². The summed E-state index contributed by atoms with van der Waals surface area (Å²) < 4.78 is 49.8. The van der Waals surface area contributed by atoms with Crippen LogP contribution in [0, 0.1) is 0 Å². The lowest BCUT2D eigenvalue weighted by molar-refractivity contribution is 0.0729.